The van der Waals surface area contributed by atoms with Crippen molar-refractivity contribution in [3.8, 4) is 0 Å². The number of rotatable bonds is 9. The highest BCUT2D eigenvalue weighted by molar-refractivity contribution is 7.13. The Morgan fingerprint density at radius 2 is 1.93 bits per heavy atom. The molecular weight excluding hydrogens is 362 g/mol. The Kier molecular flexibility index (Phi) is 8.26. The molecule has 0 atom stereocenters. The first-order valence-corrected chi connectivity index (χ1v) is 10.1. The van der Waals surface area contributed by atoms with Crippen molar-refractivity contribution in [3.63, 3.8) is 0 Å². The largest absolute Gasteiger partial charge is 0.449 e. The molecule has 0 unspecified atom stereocenters. The minimum atomic E-state index is -0.530. The third-order valence-electron chi connectivity index (χ3n) is 3.71. The van der Waals surface area contributed by atoms with Crippen molar-refractivity contribution in [1.29, 1.82) is 0 Å². The number of aromatic nitrogens is 1. The lowest BCUT2D eigenvalue weighted by molar-refractivity contribution is -0.115. The molecule has 6 nitrogen and oxygen atoms in total. The molecule has 0 aliphatic carbocycles. The van der Waals surface area contributed by atoms with Gasteiger partial charge < -0.3 is 10.1 Å². The van der Waals surface area contributed by atoms with E-state index in [1.165, 1.54) is 23.3 Å². The maximum Gasteiger partial charge on any atom is 0.413 e. The molecule has 0 fully saturated rings. The Labute approximate surface area is 164 Å². The van der Waals surface area contributed by atoms with Crippen LogP contribution in [-0.4, -0.2) is 23.6 Å². The minimum Gasteiger partial charge on any atom is -0.449 e. The van der Waals surface area contributed by atoms with Gasteiger partial charge in [0.05, 0.1) is 18.7 Å². The van der Waals surface area contributed by atoms with Gasteiger partial charge >= 0.3 is 6.09 Å². The Morgan fingerprint density at radius 3 is 2.59 bits per heavy atom. The average Bonchev–Trinajstić information content (AvgIpc) is 3.06. The number of ether oxygens (including phenoxy) is 1. The van der Waals surface area contributed by atoms with Crippen molar-refractivity contribution in [2.45, 2.75) is 46.5 Å². The minimum absolute atomic E-state index is 0.143. The van der Waals surface area contributed by atoms with Crippen LogP contribution in [-0.2, 0) is 22.4 Å². The van der Waals surface area contributed by atoms with Gasteiger partial charge in [0.2, 0.25) is 5.91 Å². The molecule has 0 saturated carbocycles. The van der Waals surface area contributed by atoms with Crippen molar-refractivity contribution >= 4 is 34.2 Å². The lowest BCUT2D eigenvalue weighted by Gasteiger charge is -2.06. The number of amides is 2. The Bertz CT molecular complexity index is 741. The predicted octanol–water partition coefficient (Wildman–Crippen LogP) is 4.87. The molecule has 27 heavy (non-hydrogen) atoms. The lowest BCUT2D eigenvalue weighted by Crippen LogP contribution is -2.17. The number of carbonyl (C=O) groups excluding carboxylic acids is 2. The monoisotopic (exact) mass is 389 g/mol. The summed E-state index contributed by atoms with van der Waals surface area (Å²) in [6.07, 6.45) is 3.00. The molecule has 2 rings (SSSR count). The quantitative estimate of drug-likeness (QED) is 0.641. The molecule has 0 bridgehead atoms. The van der Waals surface area contributed by atoms with E-state index < -0.39 is 6.09 Å². The van der Waals surface area contributed by atoms with E-state index in [4.69, 9.17) is 4.74 Å². The summed E-state index contributed by atoms with van der Waals surface area (Å²) in [5, 5.41) is 7.63. The Morgan fingerprint density at radius 1 is 1.19 bits per heavy atom. The normalized spacial score (nSPS) is 10.7. The first kappa shape index (κ1) is 20.9. The topological polar surface area (TPSA) is 80.3 Å². The van der Waals surface area contributed by atoms with E-state index >= 15 is 0 Å². The number of nitrogens with zero attached hydrogens (tertiary/aromatic N) is 1. The summed E-state index contributed by atoms with van der Waals surface area (Å²) in [4.78, 5) is 28.1. The van der Waals surface area contributed by atoms with Gasteiger partial charge in [-0.1, -0.05) is 39.3 Å². The molecule has 2 amide bonds. The third kappa shape index (κ3) is 7.78. The van der Waals surface area contributed by atoms with Crippen LogP contribution in [0.15, 0.2) is 29.6 Å². The van der Waals surface area contributed by atoms with E-state index in [-0.39, 0.29) is 18.2 Å². The summed E-state index contributed by atoms with van der Waals surface area (Å²) in [6, 6.07) is 7.92. The first-order chi connectivity index (χ1) is 13.0. The Hall–Kier alpha value is -2.41. The molecule has 1 aromatic heterocycles. The van der Waals surface area contributed by atoms with Gasteiger partial charge in [-0.25, -0.2) is 9.78 Å². The van der Waals surface area contributed by atoms with Gasteiger partial charge in [-0.05, 0) is 36.5 Å². The van der Waals surface area contributed by atoms with Crippen LogP contribution in [0.25, 0.3) is 0 Å². The predicted molar refractivity (Wildman–Crippen MR) is 109 cm³/mol. The van der Waals surface area contributed by atoms with Crippen LogP contribution in [0.4, 0.5) is 15.6 Å². The summed E-state index contributed by atoms with van der Waals surface area (Å²) in [5.41, 5.74) is 2.65. The van der Waals surface area contributed by atoms with E-state index in [9.17, 15) is 9.59 Å². The second kappa shape index (κ2) is 10.7. The highest BCUT2D eigenvalue weighted by Gasteiger charge is 2.11. The smallest absolute Gasteiger partial charge is 0.413 e. The molecule has 7 heteroatoms. The Balaban J connectivity index is 1.80. The van der Waals surface area contributed by atoms with E-state index in [1.807, 2.05) is 38.1 Å². The van der Waals surface area contributed by atoms with Gasteiger partial charge in [-0.3, -0.25) is 10.1 Å². The van der Waals surface area contributed by atoms with E-state index in [2.05, 4.69) is 22.5 Å². The summed E-state index contributed by atoms with van der Waals surface area (Å²) >= 11 is 1.27. The van der Waals surface area contributed by atoms with Crippen LogP contribution in [0.2, 0.25) is 0 Å². The molecule has 0 radical (unpaired) electrons. The maximum absolute atomic E-state index is 12.2. The fourth-order valence-corrected chi connectivity index (χ4v) is 3.01. The van der Waals surface area contributed by atoms with Gasteiger partial charge in [-0.15, -0.1) is 11.3 Å². The molecule has 1 aromatic carbocycles. The summed E-state index contributed by atoms with van der Waals surface area (Å²) < 4.78 is 5.05. The summed E-state index contributed by atoms with van der Waals surface area (Å²) in [6.45, 7) is 6.45. The molecule has 0 aliphatic heterocycles. The van der Waals surface area contributed by atoms with E-state index in [1.54, 1.807) is 5.38 Å². The second-order valence-corrected chi connectivity index (χ2v) is 7.64. The fourth-order valence-electron chi connectivity index (χ4n) is 2.32. The van der Waals surface area contributed by atoms with Crippen LogP contribution in [0, 0.1) is 5.92 Å². The van der Waals surface area contributed by atoms with Crippen molar-refractivity contribution in [1.82, 2.24) is 4.98 Å². The molecule has 146 valence electrons. The molecule has 2 aromatic rings. The number of nitrogens with one attached hydrogen (secondary N) is 2. The highest BCUT2D eigenvalue weighted by atomic mass is 32.1. The van der Waals surface area contributed by atoms with Gasteiger partial charge in [0.15, 0.2) is 5.13 Å². The van der Waals surface area contributed by atoms with E-state index in [0.717, 1.165) is 18.5 Å². The van der Waals surface area contributed by atoms with Crippen molar-refractivity contribution in [2.75, 3.05) is 17.2 Å². The lowest BCUT2D eigenvalue weighted by atomic mass is 10.1. The zero-order valence-electron chi connectivity index (χ0n) is 16.1. The number of hydrogen-bond acceptors (Lipinski definition) is 5. The van der Waals surface area contributed by atoms with Crippen molar-refractivity contribution in [3.05, 3.63) is 40.9 Å². The maximum atomic E-state index is 12.2. The fraction of sp³-hybridized carbons (Fsp3) is 0.450. The van der Waals surface area contributed by atoms with Crippen LogP contribution in [0.1, 0.15) is 44.9 Å². The molecule has 2 N–H and O–H groups in total. The molecule has 0 aliphatic rings. The summed E-state index contributed by atoms with van der Waals surface area (Å²) in [7, 11) is 0. The standard InChI is InChI=1S/C20H27N3O3S/c1-4-5-6-15-7-9-16(10-8-15)21-18(24)11-17-13-27-19(22-17)23-20(25)26-12-14(2)3/h7-10,13-14H,4-6,11-12H2,1-3H3,(H,21,24)(H,22,23,25). The van der Waals surface area contributed by atoms with Crippen LogP contribution in [0.3, 0.4) is 0 Å². The number of unbranched alkanes of at least 4 members (excludes halogenated alkanes) is 1. The first-order valence-electron chi connectivity index (χ1n) is 9.23. The number of carbonyl (C=O) groups is 2. The third-order valence-corrected chi connectivity index (χ3v) is 4.51. The zero-order valence-corrected chi connectivity index (χ0v) is 16.9. The van der Waals surface area contributed by atoms with E-state index in [0.29, 0.717) is 17.4 Å². The van der Waals surface area contributed by atoms with Gasteiger partial charge in [0.1, 0.15) is 0 Å². The number of aryl methyl sites for hydroxylation is 1. The van der Waals surface area contributed by atoms with Crippen LogP contribution in [0.5, 0.6) is 0 Å². The SMILES string of the molecule is CCCCc1ccc(NC(=O)Cc2csc(NC(=O)OCC(C)C)n2)cc1. The van der Waals surface area contributed by atoms with Crippen LogP contribution < -0.4 is 10.6 Å². The zero-order chi connectivity index (χ0) is 19.6. The molecule has 0 spiro atoms. The second-order valence-electron chi connectivity index (χ2n) is 6.79. The highest BCUT2D eigenvalue weighted by Crippen LogP contribution is 2.17. The van der Waals surface area contributed by atoms with Crippen molar-refractivity contribution < 1.29 is 14.3 Å². The molecular formula is C20H27N3O3S. The number of hydrogen-bond donors (Lipinski definition) is 2. The number of thiazole rings is 1. The van der Waals surface area contributed by atoms with Crippen molar-refractivity contribution in [2.24, 2.45) is 5.92 Å². The van der Waals surface area contributed by atoms with Gasteiger partial charge in [-0.2, -0.15) is 0 Å². The number of benzene rings is 1. The van der Waals surface area contributed by atoms with Gasteiger partial charge in [0, 0.05) is 11.1 Å². The molecule has 1 heterocycles. The number of anilines is 2. The average molecular weight is 390 g/mol. The van der Waals surface area contributed by atoms with Gasteiger partial charge in [0.25, 0.3) is 0 Å². The molecule has 0 saturated heterocycles. The van der Waals surface area contributed by atoms with Crippen LogP contribution >= 0.6 is 11.3 Å². The summed E-state index contributed by atoms with van der Waals surface area (Å²) in [5.74, 6) is 0.127.